The van der Waals surface area contributed by atoms with Crippen molar-refractivity contribution in [3.05, 3.63) is 59.3 Å². The summed E-state index contributed by atoms with van der Waals surface area (Å²) in [4.78, 5) is 15.4. The fraction of sp³-hybridized carbons (Fsp3) is 0.143. The molecule has 1 aliphatic rings. The first-order valence-electron chi connectivity index (χ1n) is 5.76. The Morgan fingerprint density at radius 3 is 2.78 bits per heavy atom. The van der Waals surface area contributed by atoms with E-state index in [1.165, 1.54) is 0 Å². The molecule has 1 aromatic heterocycles. The number of hydrogen-bond acceptors (Lipinski definition) is 3. The fourth-order valence-corrected chi connectivity index (χ4v) is 2.10. The van der Waals surface area contributed by atoms with E-state index in [4.69, 9.17) is 0 Å². The van der Waals surface area contributed by atoms with Gasteiger partial charge in [0.15, 0.2) is 0 Å². The number of rotatable bonds is 2. The van der Waals surface area contributed by atoms with E-state index in [0.717, 1.165) is 11.1 Å². The smallest absolute Gasteiger partial charge is 0.230 e. The highest BCUT2D eigenvalue weighted by molar-refractivity contribution is 5.97. The lowest BCUT2D eigenvalue weighted by atomic mass is 10.0. The van der Waals surface area contributed by atoms with E-state index >= 15 is 0 Å². The molecule has 4 nitrogen and oxygen atoms in total. The van der Waals surface area contributed by atoms with Crippen LogP contribution in [0.25, 0.3) is 0 Å². The number of pyridine rings is 1. The molecule has 1 aliphatic heterocycles. The van der Waals surface area contributed by atoms with Crippen LogP contribution in [0.5, 0.6) is 0 Å². The largest absolute Gasteiger partial charge is 0.384 e. The molecular weight excluding hydrogens is 228 g/mol. The van der Waals surface area contributed by atoms with Crippen molar-refractivity contribution in [3.8, 4) is 0 Å². The summed E-state index contributed by atoms with van der Waals surface area (Å²) >= 11 is 0. The van der Waals surface area contributed by atoms with Crippen molar-refractivity contribution in [1.29, 1.82) is 0 Å². The summed E-state index contributed by atoms with van der Waals surface area (Å²) in [6.45, 7) is 0. The van der Waals surface area contributed by atoms with Gasteiger partial charge in [-0.3, -0.25) is 4.79 Å². The molecule has 1 atom stereocenters. The molecule has 18 heavy (non-hydrogen) atoms. The number of aliphatic hydroxyl groups is 1. The van der Waals surface area contributed by atoms with Gasteiger partial charge in [0, 0.05) is 17.3 Å². The van der Waals surface area contributed by atoms with Crippen LogP contribution in [0, 0.1) is 0 Å². The van der Waals surface area contributed by atoms with Crippen LogP contribution in [0.4, 0.5) is 5.82 Å². The number of benzene rings is 1. The van der Waals surface area contributed by atoms with E-state index < -0.39 is 6.10 Å². The first-order chi connectivity index (χ1) is 8.74. The average molecular weight is 240 g/mol. The first-order valence-corrected chi connectivity index (χ1v) is 5.76. The molecule has 0 spiro atoms. The van der Waals surface area contributed by atoms with Gasteiger partial charge in [-0.1, -0.05) is 30.3 Å². The number of carbonyl (C=O) groups is 1. The summed E-state index contributed by atoms with van der Waals surface area (Å²) in [5, 5.41) is 12.9. The number of nitrogens with one attached hydrogen (secondary N) is 1. The van der Waals surface area contributed by atoms with E-state index in [0.29, 0.717) is 17.8 Å². The summed E-state index contributed by atoms with van der Waals surface area (Å²) in [7, 11) is 0. The van der Waals surface area contributed by atoms with Crippen LogP contribution in [0.1, 0.15) is 22.8 Å². The topological polar surface area (TPSA) is 62.2 Å². The predicted octanol–water partition coefficient (Wildman–Crippen LogP) is 1.66. The van der Waals surface area contributed by atoms with Gasteiger partial charge in [0.1, 0.15) is 11.9 Å². The van der Waals surface area contributed by atoms with Gasteiger partial charge in [0.05, 0.1) is 6.42 Å². The molecule has 0 saturated heterocycles. The maximum Gasteiger partial charge on any atom is 0.230 e. The van der Waals surface area contributed by atoms with Crippen LogP contribution < -0.4 is 5.32 Å². The van der Waals surface area contributed by atoms with Gasteiger partial charge in [-0.25, -0.2) is 4.98 Å². The van der Waals surface area contributed by atoms with Gasteiger partial charge >= 0.3 is 0 Å². The van der Waals surface area contributed by atoms with E-state index in [1.54, 1.807) is 6.20 Å². The van der Waals surface area contributed by atoms with Crippen LogP contribution in [-0.2, 0) is 11.2 Å². The monoisotopic (exact) mass is 240 g/mol. The molecule has 3 rings (SSSR count). The maximum absolute atomic E-state index is 11.2. The van der Waals surface area contributed by atoms with Crippen molar-refractivity contribution in [2.24, 2.45) is 0 Å². The standard InChI is InChI=1S/C14H12N2O2/c17-12-7-10-6-11(8-15-14(10)16-12)13(18)9-4-2-1-3-5-9/h1-6,8,13,18H,7H2,(H,15,16,17). The Bertz CT molecular complexity index is 596. The lowest BCUT2D eigenvalue weighted by Gasteiger charge is -2.11. The van der Waals surface area contributed by atoms with E-state index in [2.05, 4.69) is 10.3 Å². The Hall–Kier alpha value is -2.20. The number of aromatic nitrogens is 1. The van der Waals surface area contributed by atoms with Crippen molar-refractivity contribution in [1.82, 2.24) is 4.98 Å². The second-order valence-corrected chi connectivity index (χ2v) is 4.31. The number of amides is 1. The van der Waals surface area contributed by atoms with Crippen molar-refractivity contribution in [2.75, 3.05) is 5.32 Å². The highest BCUT2D eigenvalue weighted by Gasteiger charge is 2.21. The Morgan fingerprint density at radius 2 is 2.00 bits per heavy atom. The predicted molar refractivity (Wildman–Crippen MR) is 67.1 cm³/mol. The van der Waals surface area contributed by atoms with E-state index in [-0.39, 0.29) is 5.91 Å². The molecule has 90 valence electrons. The molecule has 0 saturated carbocycles. The van der Waals surface area contributed by atoms with Crippen molar-refractivity contribution in [3.63, 3.8) is 0 Å². The highest BCUT2D eigenvalue weighted by Crippen LogP contribution is 2.26. The molecule has 1 amide bonds. The summed E-state index contributed by atoms with van der Waals surface area (Å²) < 4.78 is 0. The number of carbonyl (C=O) groups excluding carboxylic acids is 1. The zero-order valence-corrected chi connectivity index (χ0v) is 9.63. The number of anilines is 1. The third kappa shape index (κ3) is 1.87. The lowest BCUT2D eigenvalue weighted by Crippen LogP contribution is -2.04. The molecular formula is C14H12N2O2. The minimum atomic E-state index is -0.709. The van der Waals surface area contributed by atoms with Crippen molar-refractivity contribution >= 4 is 11.7 Å². The van der Waals surface area contributed by atoms with Gasteiger partial charge in [-0.2, -0.15) is 0 Å². The Balaban J connectivity index is 1.94. The van der Waals surface area contributed by atoms with E-state index in [9.17, 15) is 9.90 Å². The van der Waals surface area contributed by atoms with Crippen molar-refractivity contribution in [2.45, 2.75) is 12.5 Å². The fourth-order valence-electron chi connectivity index (χ4n) is 2.10. The third-order valence-corrected chi connectivity index (χ3v) is 3.03. The van der Waals surface area contributed by atoms with Crippen LogP contribution in [0.3, 0.4) is 0 Å². The minimum Gasteiger partial charge on any atom is -0.384 e. The molecule has 4 heteroatoms. The van der Waals surface area contributed by atoms with Gasteiger partial charge in [0.2, 0.25) is 5.91 Å². The highest BCUT2D eigenvalue weighted by atomic mass is 16.3. The molecule has 1 aromatic carbocycles. The first kappa shape index (κ1) is 10.9. The molecule has 0 aliphatic carbocycles. The maximum atomic E-state index is 11.2. The molecule has 0 bridgehead atoms. The second-order valence-electron chi connectivity index (χ2n) is 4.31. The average Bonchev–Trinajstić information content (AvgIpc) is 2.78. The number of hydrogen-bond donors (Lipinski definition) is 2. The summed E-state index contributed by atoms with van der Waals surface area (Å²) in [5.41, 5.74) is 2.36. The zero-order chi connectivity index (χ0) is 12.5. The van der Waals surface area contributed by atoms with Gasteiger partial charge in [-0.15, -0.1) is 0 Å². The summed E-state index contributed by atoms with van der Waals surface area (Å²) in [6.07, 6.45) is 1.22. The summed E-state index contributed by atoms with van der Waals surface area (Å²) in [5.74, 6) is 0.549. The molecule has 2 aromatic rings. The zero-order valence-electron chi connectivity index (χ0n) is 9.63. The minimum absolute atomic E-state index is 0.0520. The third-order valence-electron chi connectivity index (χ3n) is 3.03. The summed E-state index contributed by atoms with van der Waals surface area (Å²) in [6, 6.07) is 11.2. The lowest BCUT2D eigenvalue weighted by molar-refractivity contribution is -0.115. The molecule has 0 fully saturated rings. The molecule has 0 radical (unpaired) electrons. The number of aliphatic hydroxyl groups excluding tert-OH is 1. The van der Waals surface area contributed by atoms with Crippen LogP contribution in [0.2, 0.25) is 0 Å². The quantitative estimate of drug-likeness (QED) is 0.839. The van der Waals surface area contributed by atoms with E-state index in [1.807, 2.05) is 36.4 Å². The molecule has 1 unspecified atom stereocenters. The van der Waals surface area contributed by atoms with Gasteiger partial charge in [0.25, 0.3) is 0 Å². The Morgan fingerprint density at radius 1 is 1.22 bits per heavy atom. The number of fused-ring (bicyclic) bond motifs is 1. The van der Waals surface area contributed by atoms with Gasteiger partial charge in [-0.05, 0) is 11.6 Å². The Kier molecular flexibility index (Phi) is 2.57. The molecule has 2 heterocycles. The SMILES string of the molecule is O=C1Cc2cc(C(O)c3ccccc3)cnc2N1. The van der Waals surface area contributed by atoms with Crippen LogP contribution >= 0.6 is 0 Å². The Labute approximate surface area is 104 Å². The van der Waals surface area contributed by atoms with Crippen molar-refractivity contribution < 1.29 is 9.90 Å². The number of nitrogens with zero attached hydrogens (tertiary/aromatic N) is 1. The van der Waals surface area contributed by atoms with Gasteiger partial charge < -0.3 is 10.4 Å². The second kappa shape index (κ2) is 4.23. The van der Waals surface area contributed by atoms with Crippen LogP contribution in [-0.4, -0.2) is 16.0 Å². The molecule has 2 N–H and O–H groups in total. The van der Waals surface area contributed by atoms with Crippen LogP contribution in [0.15, 0.2) is 42.6 Å². The normalized spacial score (nSPS) is 15.1.